The minimum Gasteiger partial charge on any atom is -0.591 e. The molecule has 0 aromatic rings. The van der Waals surface area contributed by atoms with Gasteiger partial charge in [-0.25, -0.2) is 0 Å². The van der Waals surface area contributed by atoms with Crippen molar-refractivity contribution in [1.82, 2.24) is 0 Å². The highest BCUT2D eigenvalue weighted by Crippen LogP contribution is 2.23. The van der Waals surface area contributed by atoms with Crippen LogP contribution in [0.15, 0.2) is 4.40 Å². The van der Waals surface area contributed by atoms with E-state index in [4.69, 9.17) is 0 Å². The normalized spacial score (nSPS) is 19.4. The smallest absolute Gasteiger partial charge is 0.414 e. The van der Waals surface area contributed by atoms with Crippen LogP contribution in [0, 0.1) is 0 Å². The molecule has 0 saturated carbocycles. The van der Waals surface area contributed by atoms with Crippen LogP contribution in [-0.4, -0.2) is 33.9 Å². The summed E-state index contributed by atoms with van der Waals surface area (Å²) in [6.07, 6.45) is -5.96. The molecule has 0 aliphatic carbocycles. The maximum absolute atomic E-state index is 12.2. The van der Waals surface area contributed by atoms with Crippen LogP contribution in [-0.2, 0) is 16.1 Å². The van der Waals surface area contributed by atoms with Gasteiger partial charge in [-0.15, -0.1) is 0 Å². The minimum atomic E-state index is -4.40. The van der Waals surface area contributed by atoms with Crippen LogP contribution in [0.4, 0.5) is 13.2 Å². The van der Waals surface area contributed by atoms with Crippen molar-refractivity contribution in [3.63, 3.8) is 0 Å². The van der Waals surface area contributed by atoms with Gasteiger partial charge in [0, 0.05) is 0 Å². The zero-order valence-electron chi connectivity index (χ0n) is 10.5. The van der Waals surface area contributed by atoms with Crippen LogP contribution < -0.4 is 0 Å². The van der Waals surface area contributed by atoms with Gasteiger partial charge in [0.2, 0.25) is 0 Å². The lowest BCUT2D eigenvalue weighted by Gasteiger charge is -2.20. The van der Waals surface area contributed by atoms with Gasteiger partial charge >= 0.3 is 6.18 Å². The van der Waals surface area contributed by atoms with Gasteiger partial charge in [0.1, 0.15) is 16.1 Å². The fourth-order valence-corrected chi connectivity index (χ4v) is 1.33. The summed E-state index contributed by atoms with van der Waals surface area (Å²) in [6, 6.07) is 0. The van der Waals surface area contributed by atoms with Crippen LogP contribution in [0.25, 0.3) is 0 Å². The van der Waals surface area contributed by atoms with E-state index in [1.54, 1.807) is 20.8 Å². The Balaban J connectivity index is 4.28. The van der Waals surface area contributed by atoms with Gasteiger partial charge in [-0.1, -0.05) is 4.40 Å². The Bertz CT molecular complexity index is 263. The molecule has 0 aromatic carbocycles. The zero-order valence-corrected chi connectivity index (χ0v) is 11.4. The lowest BCUT2D eigenvalue weighted by molar-refractivity contribution is -0.218. The molecule has 0 spiro atoms. The fourth-order valence-electron chi connectivity index (χ4n) is 0.733. The number of alkyl halides is 3. The largest absolute Gasteiger partial charge is 0.591 e. The summed E-state index contributed by atoms with van der Waals surface area (Å²) in [7, 11) is 0. The van der Waals surface area contributed by atoms with E-state index in [1.807, 2.05) is 0 Å². The SMILES string of the molecule is C[C@H](/C=N/[S@+]([O-])C(C)(C)C)O[C@H](C)C(F)(F)F. The predicted octanol–water partition coefficient (Wildman–Crippen LogP) is 2.88. The van der Waals surface area contributed by atoms with E-state index in [0.717, 1.165) is 13.1 Å². The molecule has 0 saturated heterocycles. The number of rotatable bonds is 4. The Morgan fingerprint density at radius 1 is 1.24 bits per heavy atom. The Labute approximate surface area is 103 Å². The van der Waals surface area contributed by atoms with E-state index in [0.29, 0.717) is 0 Å². The number of nitrogens with zero attached hydrogens (tertiary/aromatic N) is 1. The van der Waals surface area contributed by atoms with Crippen molar-refractivity contribution < 1.29 is 22.5 Å². The molecule has 3 atom stereocenters. The molecule has 0 fully saturated rings. The van der Waals surface area contributed by atoms with Crippen molar-refractivity contribution >= 4 is 17.6 Å². The Hall–Kier alpha value is -0.270. The summed E-state index contributed by atoms with van der Waals surface area (Å²) in [4.78, 5) is 0. The molecule has 3 nitrogen and oxygen atoms in total. The van der Waals surface area contributed by atoms with Gasteiger partial charge in [-0.2, -0.15) is 13.2 Å². The van der Waals surface area contributed by atoms with Crippen LogP contribution in [0.2, 0.25) is 0 Å². The molecule has 0 aliphatic heterocycles. The van der Waals surface area contributed by atoms with Crippen molar-refractivity contribution in [1.29, 1.82) is 0 Å². The quantitative estimate of drug-likeness (QED) is 0.584. The van der Waals surface area contributed by atoms with E-state index in [9.17, 15) is 17.7 Å². The van der Waals surface area contributed by atoms with Gasteiger partial charge in [0.15, 0.2) is 6.10 Å². The van der Waals surface area contributed by atoms with Crippen LogP contribution in [0.5, 0.6) is 0 Å². The molecule has 102 valence electrons. The molecule has 17 heavy (non-hydrogen) atoms. The van der Waals surface area contributed by atoms with E-state index >= 15 is 0 Å². The van der Waals surface area contributed by atoms with Gasteiger partial charge in [0.25, 0.3) is 0 Å². The summed E-state index contributed by atoms with van der Waals surface area (Å²) in [6.45, 7) is 7.52. The van der Waals surface area contributed by atoms with Crippen molar-refractivity contribution in [2.75, 3.05) is 0 Å². The van der Waals surface area contributed by atoms with Gasteiger partial charge in [0.05, 0.1) is 12.3 Å². The first-order valence-electron chi connectivity index (χ1n) is 5.13. The third-order valence-corrected chi connectivity index (χ3v) is 3.13. The molecular weight excluding hydrogens is 255 g/mol. The van der Waals surface area contributed by atoms with E-state index in [2.05, 4.69) is 9.13 Å². The summed E-state index contributed by atoms with van der Waals surface area (Å²) in [5.41, 5.74) is 0. The lowest BCUT2D eigenvalue weighted by atomic mass is 10.3. The molecule has 0 aromatic heterocycles. The lowest BCUT2D eigenvalue weighted by Crippen LogP contribution is -2.33. The molecule has 0 aliphatic rings. The van der Waals surface area contributed by atoms with Crippen LogP contribution in [0.1, 0.15) is 34.6 Å². The van der Waals surface area contributed by atoms with Crippen molar-refractivity contribution in [2.24, 2.45) is 4.40 Å². The number of hydrogen-bond acceptors (Lipinski definition) is 3. The molecule has 0 unspecified atom stereocenters. The number of halogens is 3. The fraction of sp³-hybridized carbons (Fsp3) is 0.900. The van der Waals surface area contributed by atoms with Crippen molar-refractivity contribution in [2.45, 2.75) is 57.7 Å². The van der Waals surface area contributed by atoms with E-state index in [-0.39, 0.29) is 0 Å². The summed E-state index contributed by atoms with van der Waals surface area (Å²) < 4.78 is 55.8. The number of hydrogen-bond donors (Lipinski definition) is 0. The molecule has 0 radical (unpaired) electrons. The standard InChI is InChI=1S/C10H18F3NO2S/c1-7(16-8(2)10(11,12)13)6-14-17(15)9(3,4)5/h6-8H,1-5H3/b14-6+/t7-,8-,17-/m1/s1. The summed E-state index contributed by atoms with van der Waals surface area (Å²) in [5, 5.41) is 0. The average molecular weight is 273 g/mol. The zero-order chi connectivity index (χ0) is 13.9. The van der Waals surface area contributed by atoms with Gasteiger partial charge in [-0.3, -0.25) is 0 Å². The molecule has 0 rings (SSSR count). The maximum atomic E-state index is 12.2. The summed E-state index contributed by atoms with van der Waals surface area (Å²) in [5.74, 6) is 0. The van der Waals surface area contributed by atoms with Crippen molar-refractivity contribution in [3.05, 3.63) is 0 Å². The first-order chi connectivity index (χ1) is 7.44. The Morgan fingerprint density at radius 2 is 1.71 bits per heavy atom. The first kappa shape index (κ1) is 16.7. The molecule has 7 heteroatoms. The molecule has 0 N–H and O–H groups in total. The second-order valence-corrected chi connectivity index (χ2v) is 6.57. The molecule has 0 bridgehead atoms. The van der Waals surface area contributed by atoms with E-state index in [1.165, 1.54) is 6.92 Å². The van der Waals surface area contributed by atoms with Crippen LogP contribution >= 0.6 is 0 Å². The Morgan fingerprint density at radius 3 is 2.06 bits per heavy atom. The Kier molecular flexibility index (Phi) is 5.96. The topological polar surface area (TPSA) is 44.7 Å². The molecule has 0 heterocycles. The monoisotopic (exact) mass is 273 g/mol. The summed E-state index contributed by atoms with van der Waals surface area (Å²) >= 11 is -1.49. The highest BCUT2D eigenvalue weighted by Gasteiger charge is 2.37. The highest BCUT2D eigenvalue weighted by atomic mass is 32.2. The number of ether oxygens (including phenoxy) is 1. The highest BCUT2D eigenvalue weighted by molar-refractivity contribution is 7.91. The van der Waals surface area contributed by atoms with Crippen molar-refractivity contribution in [3.8, 4) is 0 Å². The average Bonchev–Trinajstić information content (AvgIpc) is 2.10. The molecule has 0 amide bonds. The van der Waals surface area contributed by atoms with Gasteiger partial charge < -0.3 is 9.29 Å². The molecular formula is C10H18F3NO2S. The third-order valence-electron chi connectivity index (χ3n) is 1.77. The maximum Gasteiger partial charge on any atom is 0.414 e. The third kappa shape index (κ3) is 6.90. The van der Waals surface area contributed by atoms with E-state index < -0.39 is 34.5 Å². The van der Waals surface area contributed by atoms with Crippen LogP contribution in [0.3, 0.4) is 0 Å². The predicted molar refractivity (Wildman–Crippen MR) is 62.5 cm³/mol. The second-order valence-electron chi connectivity index (χ2n) is 4.64. The second kappa shape index (κ2) is 6.06. The first-order valence-corrected chi connectivity index (χ1v) is 6.23. The minimum absolute atomic E-state index is 0.536. The van der Waals surface area contributed by atoms with Gasteiger partial charge in [-0.05, 0) is 34.6 Å².